The van der Waals surface area contributed by atoms with Crippen molar-refractivity contribution in [3.05, 3.63) is 45.4 Å². The number of aromatic nitrogens is 1. The van der Waals surface area contributed by atoms with Crippen LogP contribution in [0.1, 0.15) is 28.8 Å². The summed E-state index contributed by atoms with van der Waals surface area (Å²) in [5.41, 5.74) is 3.37. The minimum absolute atomic E-state index is 0.535. The summed E-state index contributed by atoms with van der Waals surface area (Å²) >= 11 is 1.68. The molecule has 0 fully saturated rings. The normalized spacial score (nSPS) is 10.7. The highest BCUT2D eigenvalue weighted by molar-refractivity contribution is 7.09. The first-order valence-electron chi connectivity index (χ1n) is 6.53. The van der Waals surface area contributed by atoms with Gasteiger partial charge in [-0.05, 0) is 37.6 Å². The Hall–Kier alpha value is -1.39. The lowest BCUT2D eigenvalue weighted by atomic mass is 10.1. The van der Waals surface area contributed by atoms with Crippen molar-refractivity contribution >= 4 is 11.3 Å². The van der Waals surface area contributed by atoms with E-state index in [-0.39, 0.29) is 0 Å². The molecule has 0 radical (unpaired) electrons. The van der Waals surface area contributed by atoms with E-state index < -0.39 is 0 Å². The maximum Gasteiger partial charge on any atom is 0.131 e. The van der Waals surface area contributed by atoms with Crippen molar-refractivity contribution < 1.29 is 4.74 Å². The zero-order valence-corrected chi connectivity index (χ0v) is 12.5. The van der Waals surface area contributed by atoms with Crippen molar-refractivity contribution in [2.75, 3.05) is 6.54 Å². The van der Waals surface area contributed by atoms with Gasteiger partial charge in [0, 0.05) is 11.9 Å². The summed E-state index contributed by atoms with van der Waals surface area (Å²) in [5.74, 6) is 0.946. The van der Waals surface area contributed by atoms with Gasteiger partial charge in [0.2, 0.25) is 0 Å². The van der Waals surface area contributed by atoms with Gasteiger partial charge in [0.25, 0.3) is 0 Å². The Balaban J connectivity index is 1.94. The van der Waals surface area contributed by atoms with Crippen LogP contribution in [0.2, 0.25) is 0 Å². The van der Waals surface area contributed by atoms with E-state index in [4.69, 9.17) is 4.74 Å². The van der Waals surface area contributed by atoms with E-state index in [2.05, 4.69) is 54.7 Å². The molecule has 0 saturated carbocycles. The number of nitrogens with one attached hydrogen (secondary N) is 1. The van der Waals surface area contributed by atoms with E-state index in [0.717, 1.165) is 35.1 Å². The molecule has 1 heterocycles. The van der Waals surface area contributed by atoms with Gasteiger partial charge >= 0.3 is 0 Å². The van der Waals surface area contributed by atoms with Gasteiger partial charge in [0.05, 0.1) is 5.69 Å². The van der Waals surface area contributed by atoms with Crippen molar-refractivity contribution in [3.8, 4) is 5.75 Å². The predicted molar refractivity (Wildman–Crippen MR) is 79.7 cm³/mol. The molecule has 0 aliphatic carbocycles. The lowest BCUT2D eigenvalue weighted by molar-refractivity contribution is 0.299. The van der Waals surface area contributed by atoms with Crippen molar-refractivity contribution in [3.63, 3.8) is 0 Å². The Labute approximate surface area is 118 Å². The summed E-state index contributed by atoms with van der Waals surface area (Å²) in [6.07, 6.45) is 0. The quantitative estimate of drug-likeness (QED) is 0.877. The molecule has 0 unspecified atom stereocenters. The van der Waals surface area contributed by atoms with Gasteiger partial charge < -0.3 is 10.1 Å². The highest BCUT2D eigenvalue weighted by Crippen LogP contribution is 2.20. The van der Waals surface area contributed by atoms with Crippen LogP contribution in [0.25, 0.3) is 0 Å². The summed E-state index contributed by atoms with van der Waals surface area (Å²) in [5, 5.41) is 6.46. The largest absolute Gasteiger partial charge is 0.487 e. The predicted octanol–water partition coefficient (Wildman–Crippen LogP) is 3.45. The van der Waals surface area contributed by atoms with Crippen LogP contribution in [0, 0.1) is 13.8 Å². The molecule has 1 aromatic carbocycles. The van der Waals surface area contributed by atoms with E-state index in [9.17, 15) is 0 Å². The van der Waals surface area contributed by atoms with Gasteiger partial charge in [-0.2, -0.15) is 0 Å². The van der Waals surface area contributed by atoms with Gasteiger partial charge in [-0.3, -0.25) is 0 Å². The Morgan fingerprint density at radius 2 is 2.16 bits per heavy atom. The third kappa shape index (κ3) is 4.04. The Morgan fingerprint density at radius 1 is 1.32 bits per heavy atom. The number of nitrogens with zero attached hydrogens (tertiary/aromatic N) is 1. The molecule has 0 atom stereocenters. The average Bonchev–Trinajstić information content (AvgIpc) is 2.85. The van der Waals surface area contributed by atoms with Crippen LogP contribution in [0.3, 0.4) is 0 Å². The maximum absolute atomic E-state index is 5.85. The Morgan fingerprint density at radius 3 is 2.95 bits per heavy atom. The molecule has 1 aromatic heterocycles. The molecule has 4 heteroatoms. The molecule has 2 aromatic rings. The van der Waals surface area contributed by atoms with Crippen LogP contribution >= 0.6 is 11.3 Å². The number of hydrogen-bond acceptors (Lipinski definition) is 4. The molecular formula is C15H20N2OS. The second kappa shape index (κ2) is 6.68. The number of rotatable bonds is 6. The smallest absolute Gasteiger partial charge is 0.131 e. The molecule has 0 aliphatic rings. The third-order valence-electron chi connectivity index (χ3n) is 2.84. The number of benzene rings is 1. The fourth-order valence-electron chi connectivity index (χ4n) is 1.74. The topological polar surface area (TPSA) is 34.2 Å². The first-order valence-corrected chi connectivity index (χ1v) is 7.41. The zero-order chi connectivity index (χ0) is 13.7. The molecule has 0 saturated heterocycles. The zero-order valence-electron chi connectivity index (χ0n) is 11.7. The number of ether oxygens (including phenoxy) is 1. The van der Waals surface area contributed by atoms with Crippen LogP contribution in [-0.4, -0.2) is 11.5 Å². The number of aryl methyl sites for hydroxylation is 2. The van der Waals surface area contributed by atoms with Crippen LogP contribution in [0.15, 0.2) is 23.6 Å². The molecule has 102 valence electrons. The summed E-state index contributed by atoms with van der Waals surface area (Å²) in [6.45, 7) is 8.57. The highest BCUT2D eigenvalue weighted by atomic mass is 32.1. The summed E-state index contributed by atoms with van der Waals surface area (Å²) in [4.78, 5) is 4.55. The molecule has 0 bridgehead atoms. The Kier molecular flexibility index (Phi) is 4.93. The van der Waals surface area contributed by atoms with Crippen molar-refractivity contribution in [1.82, 2.24) is 10.3 Å². The molecular weight excluding hydrogens is 256 g/mol. The lowest BCUT2D eigenvalue weighted by Gasteiger charge is -2.08. The second-order valence-electron chi connectivity index (χ2n) is 4.57. The van der Waals surface area contributed by atoms with E-state index >= 15 is 0 Å². The molecule has 3 nitrogen and oxygen atoms in total. The summed E-state index contributed by atoms with van der Waals surface area (Å²) in [6, 6.07) is 6.25. The fraction of sp³-hybridized carbons (Fsp3) is 0.400. The van der Waals surface area contributed by atoms with Crippen LogP contribution in [0.4, 0.5) is 0 Å². The van der Waals surface area contributed by atoms with Gasteiger partial charge in [-0.15, -0.1) is 11.3 Å². The first-order chi connectivity index (χ1) is 9.19. The third-order valence-corrected chi connectivity index (χ3v) is 3.74. The van der Waals surface area contributed by atoms with E-state index in [1.807, 2.05) is 0 Å². The SMILES string of the molecule is CCNCc1nc(COc2cc(C)ccc2C)cs1. The number of hydrogen-bond donors (Lipinski definition) is 1. The number of thiazole rings is 1. The lowest BCUT2D eigenvalue weighted by Crippen LogP contribution is -2.11. The molecule has 2 rings (SSSR count). The van der Waals surface area contributed by atoms with Gasteiger partial charge in [0.15, 0.2) is 0 Å². The molecule has 19 heavy (non-hydrogen) atoms. The summed E-state index contributed by atoms with van der Waals surface area (Å²) in [7, 11) is 0. The Bertz CT molecular complexity index is 537. The van der Waals surface area contributed by atoms with Gasteiger partial charge in [-0.25, -0.2) is 4.98 Å². The molecule has 0 amide bonds. The van der Waals surface area contributed by atoms with Crippen molar-refractivity contribution in [2.45, 2.75) is 33.9 Å². The monoisotopic (exact) mass is 276 g/mol. The first kappa shape index (κ1) is 14.0. The van der Waals surface area contributed by atoms with Crippen LogP contribution < -0.4 is 10.1 Å². The van der Waals surface area contributed by atoms with E-state index in [0.29, 0.717) is 6.61 Å². The van der Waals surface area contributed by atoms with Crippen LogP contribution in [0.5, 0.6) is 5.75 Å². The molecule has 1 N–H and O–H groups in total. The highest BCUT2D eigenvalue weighted by Gasteiger charge is 2.04. The second-order valence-corrected chi connectivity index (χ2v) is 5.51. The van der Waals surface area contributed by atoms with Crippen molar-refractivity contribution in [2.24, 2.45) is 0 Å². The average molecular weight is 276 g/mol. The van der Waals surface area contributed by atoms with Gasteiger partial charge in [0.1, 0.15) is 17.4 Å². The van der Waals surface area contributed by atoms with Crippen molar-refractivity contribution in [1.29, 1.82) is 0 Å². The summed E-state index contributed by atoms with van der Waals surface area (Å²) < 4.78 is 5.85. The minimum Gasteiger partial charge on any atom is -0.487 e. The van der Waals surface area contributed by atoms with Crippen LogP contribution in [-0.2, 0) is 13.2 Å². The van der Waals surface area contributed by atoms with Gasteiger partial charge in [-0.1, -0.05) is 19.1 Å². The minimum atomic E-state index is 0.535. The molecule has 0 spiro atoms. The van der Waals surface area contributed by atoms with E-state index in [1.165, 1.54) is 5.56 Å². The molecule has 0 aliphatic heterocycles. The maximum atomic E-state index is 5.85. The standard InChI is InChI=1S/C15H20N2OS/c1-4-16-8-15-17-13(10-19-15)9-18-14-7-11(2)5-6-12(14)3/h5-7,10,16H,4,8-9H2,1-3H3. The fourth-order valence-corrected chi connectivity index (χ4v) is 2.49. The van der Waals surface area contributed by atoms with E-state index in [1.54, 1.807) is 11.3 Å².